The van der Waals surface area contributed by atoms with Crippen LogP contribution in [0.3, 0.4) is 0 Å². The summed E-state index contributed by atoms with van der Waals surface area (Å²) in [5.74, 6) is 1.19. The van der Waals surface area contributed by atoms with Gasteiger partial charge in [-0.25, -0.2) is 0 Å². The van der Waals surface area contributed by atoms with E-state index in [0.717, 1.165) is 19.3 Å². The molecule has 17 heavy (non-hydrogen) atoms. The minimum absolute atomic E-state index is 0.160. The van der Waals surface area contributed by atoms with E-state index in [0.29, 0.717) is 17.8 Å². The van der Waals surface area contributed by atoms with E-state index in [1.807, 2.05) is 0 Å². The number of hydrogen-bond donors (Lipinski definition) is 0. The average Bonchev–Trinajstić information content (AvgIpc) is 2.49. The number of carbonyl (C=O) groups excluding carboxylic acids is 1. The molecule has 2 rings (SSSR count). The molecule has 0 unspecified atom stereocenters. The van der Waals surface area contributed by atoms with Crippen molar-refractivity contribution in [3.8, 4) is 0 Å². The molecule has 1 saturated carbocycles. The van der Waals surface area contributed by atoms with Gasteiger partial charge in [-0.1, -0.05) is 32.6 Å². The second kappa shape index (κ2) is 5.99. The monoisotopic (exact) mass is 238 g/mol. The molecule has 4 atom stereocenters. The third kappa shape index (κ3) is 2.90. The van der Waals surface area contributed by atoms with Gasteiger partial charge in [0, 0.05) is 12.3 Å². The third-order valence-electron chi connectivity index (χ3n) is 4.51. The van der Waals surface area contributed by atoms with Crippen LogP contribution in [0.4, 0.5) is 0 Å². The molecule has 0 aromatic heterocycles. The zero-order chi connectivity index (χ0) is 12.3. The molecule has 0 aromatic rings. The Morgan fingerprint density at radius 1 is 1.24 bits per heavy atom. The van der Waals surface area contributed by atoms with Crippen molar-refractivity contribution >= 4 is 5.78 Å². The van der Waals surface area contributed by atoms with Crippen LogP contribution < -0.4 is 0 Å². The average molecular weight is 238 g/mol. The Balaban J connectivity index is 2.01. The molecule has 0 amide bonds. The second-order valence-electron chi connectivity index (χ2n) is 5.78. The summed E-state index contributed by atoms with van der Waals surface area (Å²) in [5, 5.41) is 0. The van der Waals surface area contributed by atoms with Crippen molar-refractivity contribution in [2.75, 3.05) is 0 Å². The summed E-state index contributed by atoms with van der Waals surface area (Å²) in [5.41, 5.74) is 0. The van der Waals surface area contributed by atoms with Crippen LogP contribution in [0.5, 0.6) is 0 Å². The highest BCUT2D eigenvalue weighted by Crippen LogP contribution is 2.41. The zero-order valence-corrected chi connectivity index (χ0v) is 11.3. The molecule has 0 aromatic carbocycles. The molecule has 0 bridgehead atoms. The van der Waals surface area contributed by atoms with Gasteiger partial charge in [0.25, 0.3) is 0 Å². The van der Waals surface area contributed by atoms with Gasteiger partial charge in [-0.05, 0) is 32.1 Å². The SMILES string of the molecule is CCCCC(=O)[C@@H]1[C@H]2CCCCC[C@@H]2O[C@@H]1C. The van der Waals surface area contributed by atoms with Crippen molar-refractivity contribution in [3.05, 3.63) is 0 Å². The predicted molar refractivity (Wildman–Crippen MR) is 68.9 cm³/mol. The lowest BCUT2D eigenvalue weighted by molar-refractivity contribution is -0.125. The quantitative estimate of drug-likeness (QED) is 0.746. The molecule has 0 radical (unpaired) electrons. The van der Waals surface area contributed by atoms with E-state index in [-0.39, 0.29) is 12.0 Å². The van der Waals surface area contributed by atoms with E-state index in [1.54, 1.807) is 0 Å². The first-order chi connectivity index (χ1) is 8.24. The first kappa shape index (κ1) is 13.1. The fourth-order valence-electron chi connectivity index (χ4n) is 3.61. The molecule has 1 saturated heterocycles. The topological polar surface area (TPSA) is 26.3 Å². The summed E-state index contributed by atoms with van der Waals surface area (Å²) < 4.78 is 6.04. The Morgan fingerprint density at radius 2 is 2.00 bits per heavy atom. The molecule has 0 N–H and O–H groups in total. The van der Waals surface area contributed by atoms with E-state index in [9.17, 15) is 4.79 Å². The standard InChI is InChI=1S/C15H26O2/c1-3-4-9-13(16)15-11(2)17-14-10-7-5-6-8-12(14)15/h11-12,14-15H,3-10H2,1-2H3/t11-,12+,14+,15+/m1/s1. The number of Topliss-reactive ketones (excluding diaryl/α,β-unsaturated/α-hetero) is 1. The van der Waals surface area contributed by atoms with Crippen LogP contribution in [0.25, 0.3) is 0 Å². The Labute approximate surface area is 105 Å². The van der Waals surface area contributed by atoms with Crippen LogP contribution in [0, 0.1) is 11.8 Å². The van der Waals surface area contributed by atoms with Crippen LogP contribution in [0.15, 0.2) is 0 Å². The number of hydrogen-bond acceptors (Lipinski definition) is 2. The van der Waals surface area contributed by atoms with E-state index < -0.39 is 0 Å². The zero-order valence-electron chi connectivity index (χ0n) is 11.3. The number of unbranched alkanes of at least 4 members (excludes halogenated alkanes) is 1. The van der Waals surface area contributed by atoms with Crippen molar-refractivity contribution in [2.24, 2.45) is 11.8 Å². The van der Waals surface area contributed by atoms with Gasteiger partial charge in [-0.2, -0.15) is 0 Å². The summed E-state index contributed by atoms with van der Waals surface area (Å²) in [4.78, 5) is 12.3. The van der Waals surface area contributed by atoms with Crippen molar-refractivity contribution in [1.29, 1.82) is 0 Å². The molecular weight excluding hydrogens is 212 g/mol. The summed E-state index contributed by atoms with van der Waals surface area (Å²) in [6.07, 6.45) is 9.72. The Kier molecular flexibility index (Phi) is 4.61. The van der Waals surface area contributed by atoms with Crippen LogP contribution in [0.1, 0.15) is 65.2 Å². The van der Waals surface area contributed by atoms with Gasteiger partial charge in [0.1, 0.15) is 5.78 Å². The maximum atomic E-state index is 12.3. The summed E-state index contributed by atoms with van der Waals surface area (Å²) >= 11 is 0. The number of rotatable bonds is 4. The fraction of sp³-hybridized carbons (Fsp3) is 0.933. The van der Waals surface area contributed by atoms with Gasteiger partial charge in [0.15, 0.2) is 0 Å². The van der Waals surface area contributed by atoms with Gasteiger partial charge in [0.2, 0.25) is 0 Å². The van der Waals surface area contributed by atoms with Crippen molar-refractivity contribution in [3.63, 3.8) is 0 Å². The maximum absolute atomic E-state index is 12.3. The Morgan fingerprint density at radius 3 is 2.76 bits per heavy atom. The lowest BCUT2D eigenvalue weighted by Gasteiger charge is -2.20. The number of fused-ring (bicyclic) bond motifs is 1. The van der Waals surface area contributed by atoms with Crippen molar-refractivity contribution < 1.29 is 9.53 Å². The molecule has 2 aliphatic rings. The summed E-state index contributed by atoms with van der Waals surface area (Å²) in [7, 11) is 0. The highest BCUT2D eigenvalue weighted by molar-refractivity contribution is 5.82. The Bertz CT molecular complexity index is 262. The van der Waals surface area contributed by atoms with E-state index >= 15 is 0 Å². The van der Waals surface area contributed by atoms with Crippen LogP contribution in [-0.2, 0) is 9.53 Å². The largest absolute Gasteiger partial charge is 0.374 e. The summed E-state index contributed by atoms with van der Waals surface area (Å²) in [6.45, 7) is 4.25. The van der Waals surface area contributed by atoms with Crippen molar-refractivity contribution in [2.45, 2.75) is 77.4 Å². The minimum atomic E-state index is 0.160. The molecule has 98 valence electrons. The predicted octanol–water partition coefficient (Wildman–Crippen LogP) is 3.73. The smallest absolute Gasteiger partial charge is 0.138 e. The first-order valence-electron chi connectivity index (χ1n) is 7.42. The maximum Gasteiger partial charge on any atom is 0.138 e. The van der Waals surface area contributed by atoms with Crippen molar-refractivity contribution in [1.82, 2.24) is 0 Å². The molecular formula is C15H26O2. The van der Waals surface area contributed by atoms with E-state index in [2.05, 4.69) is 13.8 Å². The second-order valence-corrected chi connectivity index (χ2v) is 5.78. The normalized spacial score (nSPS) is 37.5. The molecule has 2 heteroatoms. The van der Waals surface area contributed by atoms with Gasteiger partial charge in [-0.3, -0.25) is 4.79 Å². The minimum Gasteiger partial charge on any atom is -0.374 e. The van der Waals surface area contributed by atoms with Crippen LogP contribution >= 0.6 is 0 Å². The number of carbonyl (C=O) groups is 1. The first-order valence-corrected chi connectivity index (χ1v) is 7.42. The molecule has 1 aliphatic heterocycles. The fourth-order valence-corrected chi connectivity index (χ4v) is 3.61. The molecule has 1 aliphatic carbocycles. The van der Waals surface area contributed by atoms with Gasteiger partial charge in [-0.15, -0.1) is 0 Å². The highest BCUT2D eigenvalue weighted by atomic mass is 16.5. The molecule has 2 nitrogen and oxygen atoms in total. The van der Waals surface area contributed by atoms with E-state index in [1.165, 1.54) is 32.1 Å². The third-order valence-corrected chi connectivity index (χ3v) is 4.51. The van der Waals surface area contributed by atoms with Crippen LogP contribution in [-0.4, -0.2) is 18.0 Å². The van der Waals surface area contributed by atoms with E-state index in [4.69, 9.17) is 4.74 Å². The Hall–Kier alpha value is -0.370. The lowest BCUT2D eigenvalue weighted by atomic mass is 9.80. The van der Waals surface area contributed by atoms with Gasteiger partial charge in [0.05, 0.1) is 12.2 Å². The van der Waals surface area contributed by atoms with Gasteiger partial charge < -0.3 is 4.74 Å². The highest BCUT2D eigenvalue weighted by Gasteiger charge is 2.45. The number of ketones is 1. The molecule has 0 spiro atoms. The van der Waals surface area contributed by atoms with Gasteiger partial charge >= 0.3 is 0 Å². The molecule has 1 heterocycles. The van der Waals surface area contributed by atoms with Crippen LogP contribution in [0.2, 0.25) is 0 Å². The molecule has 2 fully saturated rings. The lowest BCUT2D eigenvalue weighted by Crippen LogP contribution is -2.28. The summed E-state index contributed by atoms with van der Waals surface area (Å²) in [6, 6.07) is 0. The number of ether oxygens (including phenoxy) is 1.